The van der Waals surface area contributed by atoms with E-state index in [0.29, 0.717) is 12.8 Å². The summed E-state index contributed by atoms with van der Waals surface area (Å²) in [6.45, 7) is 4.04. The van der Waals surface area contributed by atoms with Crippen LogP contribution in [0.5, 0.6) is 0 Å². The first-order valence-corrected chi connectivity index (χ1v) is 6.22. The minimum atomic E-state index is -1.02. The van der Waals surface area contributed by atoms with Gasteiger partial charge in [0.05, 0.1) is 12.2 Å². The fourth-order valence-electron chi connectivity index (χ4n) is 1.62. The number of amides is 2. The highest BCUT2D eigenvalue weighted by Crippen LogP contribution is 2.02. The molecule has 1 heterocycles. The van der Waals surface area contributed by atoms with Crippen molar-refractivity contribution < 1.29 is 14.7 Å². The first kappa shape index (κ1) is 14.9. The van der Waals surface area contributed by atoms with Gasteiger partial charge in [-0.2, -0.15) is 0 Å². The number of aryl methyl sites for hydroxylation is 1. The van der Waals surface area contributed by atoms with Crippen LogP contribution in [0, 0.1) is 6.92 Å². The van der Waals surface area contributed by atoms with Gasteiger partial charge in [0.1, 0.15) is 6.04 Å². The summed E-state index contributed by atoms with van der Waals surface area (Å²) in [4.78, 5) is 26.6. The molecule has 0 saturated carbocycles. The van der Waals surface area contributed by atoms with Crippen LogP contribution in [0.15, 0.2) is 18.3 Å². The maximum Gasteiger partial charge on any atom is 0.326 e. The fraction of sp³-hybridized carbons (Fsp3) is 0.462. The number of aliphatic carboxylic acids is 1. The summed E-state index contributed by atoms with van der Waals surface area (Å²) < 4.78 is 0. The van der Waals surface area contributed by atoms with Crippen LogP contribution >= 0.6 is 0 Å². The molecule has 0 saturated heterocycles. The molecule has 104 valence electrons. The molecule has 0 radical (unpaired) electrons. The van der Waals surface area contributed by atoms with Crippen molar-refractivity contribution in [2.24, 2.45) is 0 Å². The van der Waals surface area contributed by atoms with Crippen molar-refractivity contribution in [1.82, 2.24) is 15.6 Å². The molecule has 1 aromatic rings. The van der Waals surface area contributed by atoms with Crippen LogP contribution in [0.2, 0.25) is 0 Å². The SMILES string of the molecule is CCC[C@H](NC(=O)NCc1ncccc1C)C(=O)O. The zero-order valence-corrected chi connectivity index (χ0v) is 11.1. The van der Waals surface area contributed by atoms with E-state index in [0.717, 1.165) is 11.3 Å². The normalized spacial score (nSPS) is 11.7. The molecule has 0 aliphatic rings. The maximum absolute atomic E-state index is 11.6. The van der Waals surface area contributed by atoms with E-state index in [1.165, 1.54) is 0 Å². The lowest BCUT2D eigenvalue weighted by atomic mass is 10.2. The second-order valence-electron chi connectivity index (χ2n) is 4.27. The molecule has 6 heteroatoms. The third kappa shape index (κ3) is 4.95. The van der Waals surface area contributed by atoms with Gasteiger partial charge in [0.25, 0.3) is 0 Å². The zero-order chi connectivity index (χ0) is 14.3. The lowest BCUT2D eigenvalue weighted by Crippen LogP contribution is -2.45. The Kier molecular flexibility index (Phi) is 5.78. The van der Waals surface area contributed by atoms with Crippen LogP contribution in [0.4, 0.5) is 4.79 Å². The number of hydrogen-bond acceptors (Lipinski definition) is 3. The van der Waals surface area contributed by atoms with E-state index >= 15 is 0 Å². The lowest BCUT2D eigenvalue weighted by Gasteiger charge is -2.14. The molecule has 0 aliphatic carbocycles. The van der Waals surface area contributed by atoms with E-state index < -0.39 is 18.0 Å². The van der Waals surface area contributed by atoms with Crippen LogP contribution in [-0.4, -0.2) is 28.1 Å². The smallest absolute Gasteiger partial charge is 0.326 e. The van der Waals surface area contributed by atoms with Crippen LogP contribution < -0.4 is 10.6 Å². The van der Waals surface area contributed by atoms with Crippen molar-refractivity contribution in [3.05, 3.63) is 29.6 Å². The third-order valence-corrected chi connectivity index (χ3v) is 2.72. The Morgan fingerprint density at radius 3 is 2.79 bits per heavy atom. The van der Waals surface area contributed by atoms with E-state index in [1.807, 2.05) is 26.0 Å². The Bertz CT molecular complexity index is 449. The molecule has 0 aliphatic heterocycles. The Balaban J connectivity index is 2.47. The van der Waals surface area contributed by atoms with E-state index in [-0.39, 0.29) is 6.54 Å². The van der Waals surface area contributed by atoms with Gasteiger partial charge in [-0.1, -0.05) is 19.4 Å². The number of aromatic nitrogens is 1. The third-order valence-electron chi connectivity index (χ3n) is 2.72. The van der Waals surface area contributed by atoms with Crippen LogP contribution in [0.3, 0.4) is 0 Å². The number of nitrogens with one attached hydrogen (secondary N) is 2. The van der Waals surface area contributed by atoms with E-state index in [1.54, 1.807) is 6.20 Å². The minimum Gasteiger partial charge on any atom is -0.480 e. The largest absolute Gasteiger partial charge is 0.480 e. The Morgan fingerprint density at radius 1 is 1.47 bits per heavy atom. The van der Waals surface area contributed by atoms with Crippen molar-refractivity contribution in [1.29, 1.82) is 0 Å². The second kappa shape index (κ2) is 7.35. The van der Waals surface area contributed by atoms with Crippen LogP contribution in [-0.2, 0) is 11.3 Å². The minimum absolute atomic E-state index is 0.275. The molecule has 3 N–H and O–H groups in total. The van der Waals surface area contributed by atoms with E-state index in [4.69, 9.17) is 5.11 Å². The Hall–Kier alpha value is -2.11. The van der Waals surface area contributed by atoms with Crippen molar-refractivity contribution in [2.75, 3.05) is 0 Å². The quantitative estimate of drug-likeness (QED) is 0.726. The number of pyridine rings is 1. The van der Waals surface area contributed by atoms with Crippen LogP contribution in [0.25, 0.3) is 0 Å². The number of urea groups is 1. The molecule has 1 rings (SSSR count). The summed E-state index contributed by atoms with van der Waals surface area (Å²) >= 11 is 0. The summed E-state index contributed by atoms with van der Waals surface area (Å²) in [5, 5.41) is 14.0. The monoisotopic (exact) mass is 265 g/mol. The van der Waals surface area contributed by atoms with Crippen LogP contribution in [0.1, 0.15) is 31.0 Å². The number of carboxylic acid groups (broad SMARTS) is 1. The number of carbonyl (C=O) groups excluding carboxylic acids is 1. The van der Waals surface area contributed by atoms with Gasteiger partial charge in [-0.05, 0) is 25.0 Å². The maximum atomic E-state index is 11.6. The van der Waals surface area contributed by atoms with Crippen molar-refractivity contribution in [3.8, 4) is 0 Å². The Morgan fingerprint density at radius 2 is 2.21 bits per heavy atom. The fourth-order valence-corrected chi connectivity index (χ4v) is 1.62. The highest BCUT2D eigenvalue weighted by atomic mass is 16.4. The highest BCUT2D eigenvalue weighted by molar-refractivity contribution is 5.82. The molecule has 1 aromatic heterocycles. The summed E-state index contributed by atoms with van der Waals surface area (Å²) in [5.74, 6) is -1.02. The molecule has 0 bridgehead atoms. The van der Waals surface area contributed by atoms with Gasteiger partial charge in [0.2, 0.25) is 0 Å². The van der Waals surface area contributed by atoms with Crippen molar-refractivity contribution >= 4 is 12.0 Å². The average molecular weight is 265 g/mol. The molecule has 0 aromatic carbocycles. The van der Waals surface area contributed by atoms with Gasteiger partial charge < -0.3 is 15.7 Å². The molecule has 0 unspecified atom stereocenters. The topological polar surface area (TPSA) is 91.3 Å². The summed E-state index contributed by atoms with van der Waals surface area (Å²) in [6.07, 6.45) is 2.75. The predicted molar refractivity (Wildman–Crippen MR) is 70.7 cm³/mol. The second-order valence-corrected chi connectivity index (χ2v) is 4.27. The molecule has 19 heavy (non-hydrogen) atoms. The summed E-state index contributed by atoms with van der Waals surface area (Å²) in [6, 6.07) is 2.38. The highest BCUT2D eigenvalue weighted by Gasteiger charge is 2.18. The van der Waals surface area contributed by atoms with Gasteiger partial charge in [0, 0.05) is 6.20 Å². The zero-order valence-electron chi connectivity index (χ0n) is 11.1. The van der Waals surface area contributed by atoms with Gasteiger partial charge in [-0.15, -0.1) is 0 Å². The van der Waals surface area contributed by atoms with Gasteiger partial charge in [-0.25, -0.2) is 9.59 Å². The Labute approximate surface area is 112 Å². The number of nitrogens with zero attached hydrogens (tertiary/aromatic N) is 1. The first-order valence-electron chi connectivity index (χ1n) is 6.22. The van der Waals surface area contributed by atoms with E-state index in [2.05, 4.69) is 15.6 Å². The van der Waals surface area contributed by atoms with Gasteiger partial charge >= 0.3 is 12.0 Å². The van der Waals surface area contributed by atoms with E-state index in [9.17, 15) is 9.59 Å². The average Bonchev–Trinajstić information content (AvgIpc) is 2.37. The standard InChI is InChI=1S/C13H19N3O3/c1-3-5-10(12(17)18)16-13(19)15-8-11-9(2)6-4-7-14-11/h4,6-7,10H,3,5,8H2,1-2H3,(H,17,18)(H2,15,16,19)/t10-/m0/s1. The molecule has 2 amide bonds. The van der Waals surface area contributed by atoms with Gasteiger partial charge in [0.15, 0.2) is 0 Å². The predicted octanol–water partition coefficient (Wildman–Crippen LogP) is 1.44. The molecular weight excluding hydrogens is 246 g/mol. The number of carboxylic acids is 1. The number of rotatable bonds is 6. The number of hydrogen-bond donors (Lipinski definition) is 3. The van der Waals surface area contributed by atoms with Crippen molar-refractivity contribution in [3.63, 3.8) is 0 Å². The van der Waals surface area contributed by atoms with Crippen molar-refractivity contribution in [2.45, 2.75) is 39.3 Å². The molecule has 6 nitrogen and oxygen atoms in total. The lowest BCUT2D eigenvalue weighted by molar-refractivity contribution is -0.139. The summed E-state index contributed by atoms with van der Waals surface area (Å²) in [7, 11) is 0. The molecular formula is C13H19N3O3. The first-order chi connectivity index (χ1) is 9.04. The van der Waals surface area contributed by atoms with Gasteiger partial charge in [-0.3, -0.25) is 4.98 Å². The molecule has 0 spiro atoms. The molecule has 1 atom stereocenters. The summed E-state index contributed by atoms with van der Waals surface area (Å²) in [5.41, 5.74) is 1.74. The number of carbonyl (C=O) groups is 2. The molecule has 0 fully saturated rings.